The van der Waals surface area contributed by atoms with Gasteiger partial charge in [-0.15, -0.1) is 0 Å². The van der Waals surface area contributed by atoms with Crippen LogP contribution in [0.2, 0.25) is 0 Å². The van der Waals surface area contributed by atoms with Crippen molar-refractivity contribution in [3.63, 3.8) is 0 Å². The molecule has 1 heterocycles. The van der Waals surface area contributed by atoms with Crippen molar-refractivity contribution in [2.45, 2.75) is 104 Å². The number of rotatable bonds is 15. The summed E-state index contributed by atoms with van der Waals surface area (Å²) in [6.45, 7) is 12.9. The number of hydrogen-bond donors (Lipinski definition) is 2. The molecule has 3 rings (SSSR count). The molecule has 1 fully saturated rings. The maximum absolute atomic E-state index is 13.2. The number of carbonyl (C=O) groups excluding carboxylic acids is 3. The van der Waals surface area contributed by atoms with Crippen molar-refractivity contribution in [2.24, 2.45) is 28.8 Å². The number of aliphatic hydroxyl groups is 2. The van der Waals surface area contributed by atoms with E-state index in [-0.39, 0.29) is 67.9 Å². The molecule has 1 saturated carbocycles. The number of ether oxygens (including phenoxy) is 2. The van der Waals surface area contributed by atoms with Gasteiger partial charge in [-0.05, 0) is 69.9 Å². The van der Waals surface area contributed by atoms with E-state index in [2.05, 4.69) is 16.9 Å². The van der Waals surface area contributed by atoms with Crippen LogP contribution in [0.5, 0.6) is 0 Å². The predicted octanol–water partition coefficient (Wildman–Crippen LogP) is 4.30. The van der Waals surface area contributed by atoms with Crippen molar-refractivity contribution in [1.29, 1.82) is 0 Å². The van der Waals surface area contributed by atoms with Gasteiger partial charge in [-0.3, -0.25) is 14.4 Å². The number of oxime groups is 1. The fraction of sp³-hybridized carbons (Fsp3) is 0.656. The molecule has 11 heteroatoms. The Bertz CT molecular complexity index is 1180. The van der Waals surface area contributed by atoms with Gasteiger partial charge in [-0.2, -0.15) is 0 Å². The van der Waals surface area contributed by atoms with E-state index >= 15 is 0 Å². The molecule has 0 amide bonds. The van der Waals surface area contributed by atoms with Gasteiger partial charge in [0.25, 0.3) is 0 Å². The average Bonchev–Trinajstić information content (AvgIpc) is 3.29. The van der Waals surface area contributed by atoms with Gasteiger partial charge in [-0.25, -0.2) is 0 Å². The van der Waals surface area contributed by atoms with Crippen LogP contribution >= 0.6 is 0 Å². The van der Waals surface area contributed by atoms with Crippen LogP contribution in [0.25, 0.3) is 0 Å². The molecule has 7 atom stereocenters. The molecule has 0 spiro atoms. The van der Waals surface area contributed by atoms with Gasteiger partial charge in [0.1, 0.15) is 25.1 Å². The largest absolute Gasteiger partial charge is 0.461 e. The molecule has 0 bridgehead atoms. The zero-order chi connectivity index (χ0) is 31.7. The molecule has 0 aromatic carbocycles. The van der Waals surface area contributed by atoms with Gasteiger partial charge < -0.3 is 29.0 Å². The lowest BCUT2D eigenvalue weighted by Crippen LogP contribution is -2.46. The number of aliphatic hydroxyl groups excluding tert-OH is 2. The Morgan fingerprint density at radius 3 is 2.67 bits per heavy atom. The first-order chi connectivity index (χ1) is 20.5. The second-order valence-corrected chi connectivity index (χ2v) is 11.7. The van der Waals surface area contributed by atoms with Crippen molar-refractivity contribution in [2.75, 3.05) is 6.61 Å². The molecule has 2 N–H and O–H groups in total. The number of hydrogen-bond acceptors (Lipinski definition) is 11. The molecular formula is C32H46N2O9. The number of aromatic nitrogens is 1. The third-order valence-corrected chi connectivity index (χ3v) is 8.60. The summed E-state index contributed by atoms with van der Waals surface area (Å²) < 4.78 is 16.2. The van der Waals surface area contributed by atoms with Crippen LogP contribution < -0.4 is 0 Å². The highest BCUT2D eigenvalue weighted by Crippen LogP contribution is 2.45. The number of ketones is 1. The zero-order valence-electron chi connectivity index (χ0n) is 25.9. The average molecular weight is 603 g/mol. The summed E-state index contributed by atoms with van der Waals surface area (Å²) in [5.74, 6) is -1.48. The summed E-state index contributed by atoms with van der Waals surface area (Å²) in [4.78, 5) is 43.6. The Morgan fingerprint density at radius 1 is 1.28 bits per heavy atom. The Kier molecular flexibility index (Phi) is 12.7. The van der Waals surface area contributed by atoms with Gasteiger partial charge in [0.2, 0.25) is 0 Å². The fourth-order valence-electron chi connectivity index (χ4n) is 5.77. The van der Waals surface area contributed by atoms with Gasteiger partial charge in [-0.1, -0.05) is 43.7 Å². The lowest BCUT2D eigenvalue weighted by Gasteiger charge is -2.43. The maximum atomic E-state index is 13.2. The summed E-state index contributed by atoms with van der Waals surface area (Å²) in [6.07, 6.45) is 2.70. The van der Waals surface area contributed by atoms with E-state index in [0.29, 0.717) is 42.7 Å². The minimum atomic E-state index is -1.07. The molecule has 11 nitrogen and oxygen atoms in total. The van der Waals surface area contributed by atoms with Crippen LogP contribution in [-0.4, -0.2) is 63.7 Å². The number of carbonyl (C=O) groups is 3. The first-order valence-electron chi connectivity index (χ1n) is 15.2. The number of nitrogens with zero attached hydrogens (tertiary/aromatic N) is 2. The molecule has 0 saturated heterocycles. The first-order valence-corrected chi connectivity index (χ1v) is 15.2. The Labute approximate surface area is 253 Å². The summed E-state index contributed by atoms with van der Waals surface area (Å²) in [7, 11) is 0. The van der Waals surface area contributed by atoms with Crippen LogP contribution in [-0.2, 0) is 35.3 Å². The van der Waals surface area contributed by atoms with E-state index in [1.54, 1.807) is 13.0 Å². The van der Waals surface area contributed by atoms with Gasteiger partial charge in [0.05, 0.1) is 41.5 Å². The van der Waals surface area contributed by atoms with E-state index in [9.17, 15) is 24.6 Å². The fourth-order valence-corrected chi connectivity index (χ4v) is 5.77. The summed E-state index contributed by atoms with van der Waals surface area (Å²) in [5.41, 5.74) is 2.85. The molecule has 238 valence electrons. The molecule has 1 aromatic rings. The lowest BCUT2D eigenvalue weighted by molar-refractivity contribution is -0.158. The van der Waals surface area contributed by atoms with Gasteiger partial charge in [0.15, 0.2) is 5.78 Å². The van der Waals surface area contributed by atoms with Crippen molar-refractivity contribution in [1.82, 2.24) is 5.16 Å². The SMILES string of the molecule is C=CCOC(=O)CC(O)CC(O)CCC1C(C)C(=O)C=C2C(=NOCc3c(C)noc3C)CCC(OC(=O)C(C)CC)C21. The van der Waals surface area contributed by atoms with Crippen LogP contribution in [0.3, 0.4) is 0 Å². The van der Waals surface area contributed by atoms with Crippen LogP contribution in [0.15, 0.2) is 34.0 Å². The molecule has 43 heavy (non-hydrogen) atoms. The highest BCUT2D eigenvalue weighted by molar-refractivity contribution is 6.08. The van der Waals surface area contributed by atoms with Crippen molar-refractivity contribution in [3.8, 4) is 0 Å². The highest BCUT2D eigenvalue weighted by atomic mass is 16.6. The summed E-state index contributed by atoms with van der Waals surface area (Å²) >= 11 is 0. The zero-order valence-corrected chi connectivity index (χ0v) is 25.9. The summed E-state index contributed by atoms with van der Waals surface area (Å²) in [5, 5.41) is 29.4. The van der Waals surface area contributed by atoms with E-state index < -0.39 is 24.3 Å². The number of aryl methyl sites for hydroxylation is 2. The molecule has 1 aromatic heterocycles. The van der Waals surface area contributed by atoms with Crippen LogP contribution in [0.1, 0.15) is 82.7 Å². The minimum Gasteiger partial charge on any atom is -0.461 e. The summed E-state index contributed by atoms with van der Waals surface area (Å²) in [6, 6.07) is 0. The number of allylic oxidation sites excluding steroid dienone is 1. The van der Waals surface area contributed by atoms with E-state index in [1.807, 2.05) is 27.7 Å². The second kappa shape index (κ2) is 16.0. The monoisotopic (exact) mass is 602 g/mol. The number of esters is 2. The normalized spacial score (nSPS) is 24.9. The molecular weight excluding hydrogens is 556 g/mol. The van der Waals surface area contributed by atoms with Crippen molar-refractivity contribution >= 4 is 23.4 Å². The second-order valence-electron chi connectivity index (χ2n) is 11.7. The van der Waals surface area contributed by atoms with E-state index in [4.69, 9.17) is 18.8 Å². The predicted molar refractivity (Wildman–Crippen MR) is 158 cm³/mol. The number of fused-ring (bicyclic) bond motifs is 1. The Morgan fingerprint density at radius 2 is 2.02 bits per heavy atom. The Hall–Kier alpha value is -3.31. The first kappa shape index (κ1) is 34.2. The molecule has 0 aliphatic heterocycles. The van der Waals surface area contributed by atoms with Crippen molar-refractivity contribution in [3.05, 3.63) is 41.3 Å². The van der Waals surface area contributed by atoms with Crippen molar-refractivity contribution < 1.29 is 43.4 Å². The maximum Gasteiger partial charge on any atom is 0.308 e. The molecule has 0 radical (unpaired) electrons. The smallest absolute Gasteiger partial charge is 0.308 e. The van der Waals surface area contributed by atoms with E-state index in [0.717, 1.165) is 11.3 Å². The Balaban J connectivity index is 1.78. The lowest BCUT2D eigenvalue weighted by atomic mass is 9.63. The minimum absolute atomic E-state index is 0.0136. The van der Waals surface area contributed by atoms with Crippen LogP contribution in [0.4, 0.5) is 0 Å². The topological polar surface area (TPSA) is 158 Å². The third-order valence-electron chi connectivity index (χ3n) is 8.60. The van der Waals surface area contributed by atoms with Gasteiger partial charge >= 0.3 is 11.9 Å². The highest BCUT2D eigenvalue weighted by Gasteiger charge is 2.46. The van der Waals surface area contributed by atoms with Crippen LogP contribution in [0, 0.1) is 37.5 Å². The quantitative estimate of drug-likeness (QED) is 0.168. The molecule has 2 aliphatic carbocycles. The van der Waals surface area contributed by atoms with E-state index in [1.165, 1.54) is 6.08 Å². The standard InChI is InChI=1S/C32H46N2O9/c1-7-13-40-30(38)15-23(36)14-22(35)9-10-24-19(4)28(37)16-25-27(34-41-17-26-20(5)33-43-21(26)6)11-12-29(31(24)25)42-32(39)18(3)8-2/h7,16,18-19,22-24,29,31,35-36H,1,8-15,17H2,2-6H3. The van der Waals surface area contributed by atoms with Gasteiger partial charge in [0, 0.05) is 11.8 Å². The molecule has 2 aliphatic rings. The third kappa shape index (κ3) is 9.09. The molecule has 7 unspecified atom stereocenters.